The Morgan fingerprint density at radius 2 is 1.69 bits per heavy atom. The number of carbonyl (C=O) groups is 3. The molecule has 1 aliphatic heterocycles. The molecular formula is C33H56N4O5. The van der Waals surface area contributed by atoms with Crippen LogP contribution in [0.5, 0.6) is 0 Å². The topological polar surface area (TPSA) is 91.4 Å². The number of nitrogens with zero attached hydrogens (tertiary/aromatic N) is 3. The molecule has 1 heterocycles. The number of aryl methyl sites for hydroxylation is 2. The highest BCUT2D eigenvalue weighted by atomic mass is 16.5. The molecule has 9 nitrogen and oxygen atoms in total. The lowest BCUT2D eigenvalue weighted by atomic mass is 9.72. The van der Waals surface area contributed by atoms with E-state index >= 15 is 0 Å². The second-order valence-corrected chi connectivity index (χ2v) is 11.6. The van der Waals surface area contributed by atoms with Crippen LogP contribution < -0.4 is 5.32 Å². The van der Waals surface area contributed by atoms with E-state index in [0.29, 0.717) is 51.7 Å². The normalized spacial score (nSPS) is 16.2. The fraction of sp³-hybridized carbons (Fsp3) is 0.727. The number of hydrogen-bond donors (Lipinski definition) is 1. The Morgan fingerprint density at radius 3 is 2.29 bits per heavy atom. The van der Waals surface area contributed by atoms with E-state index in [1.54, 1.807) is 0 Å². The Bertz CT molecular complexity index is 964. The number of carbonyl (C=O) groups excluding carboxylic acids is 3. The Hall–Kier alpha value is -2.49. The minimum atomic E-state index is -0.785. The molecule has 0 spiro atoms. The van der Waals surface area contributed by atoms with Crippen LogP contribution in [0.1, 0.15) is 84.8 Å². The molecule has 2 rings (SSSR count). The van der Waals surface area contributed by atoms with Crippen molar-refractivity contribution in [2.45, 2.75) is 99.3 Å². The first-order valence-electron chi connectivity index (χ1n) is 16.0. The van der Waals surface area contributed by atoms with Gasteiger partial charge in [-0.25, -0.2) is 9.69 Å². The molecule has 0 saturated carbocycles. The third-order valence-corrected chi connectivity index (χ3v) is 8.45. The lowest BCUT2D eigenvalue weighted by Gasteiger charge is -2.53. The summed E-state index contributed by atoms with van der Waals surface area (Å²) in [6, 6.07) is 8.38. The Kier molecular flexibility index (Phi) is 15.5. The van der Waals surface area contributed by atoms with Crippen LogP contribution in [-0.4, -0.2) is 97.4 Å². The van der Waals surface area contributed by atoms with Crippen molar-refractivity contribution < 1.29 is 23.9 Å². The van der Waals surface area contributed by atoms with Crippen LogP contribution >= 0.6 is 0 Å². The van der Waals surface area contributed by atoms with Crippen molar-refractivity contribution in [3.8, 4) is 0 Å². The van der Waals surface area contributed by atoms with Gasteiger partial charge < -0.3 is 19.7 Å². The van der Waals surface area contributed by atoms with E-state index in [1.807, 2.05) is 32.6 Å². The van der Waals surface area contributed by atoms with E-state index in [9.17, 15) is 14.4 Å². The van der Waals surface area contributed by atoms with Crippen LogP contribution in [0.25, 0.3) is 0 Å². The van der Waals surface area contributed by atoms with Crippen molar-refractivity contribution in [2.75, 3.05) is 52.5 Å². The molecule has 1 N–H and O–H groups in total. The van der Waals surface area contributed by atoms with Crippen molar-refractivity contribution in [1.29, 1.82) is 0 Å². The fourth-order valence-corrected chi connectivity index (χ4v) is 5.53. The van der Waals surface area contributed by atoms with Crippen LogP contribution in [0.2, 0.25) is 0 Å². The van der Waals surface area contributed by atoms with Gasteiger partial charge in [-0.3, -0.25) is 14.5 Å². The maximum absolute atomic E-state index is 13.3. The molecule has 1 atom stereocenters. The van der Waals surface area contributed by atoms with Gasteiger partial charge in [0.15, 0.2) is 6.23 Å². The van der Waals surface area contributed by atoms with E-state index in [2.05, 4.69) is 55.3 Å². The molecule has 1 aromatic carbocycles. The molecule has 0 aliphatic carbocycles. The first-order chi connectivity index (χ1) is 20.1. The monoisotopic (exact) mass is 588 g/mol. The van der Waals surface area contributed by atoms with Gasteiger partial charge in [-0.05, 0) is 71.8 Å². The second-order valence-electron chi connectivity index (χ2n) is 11.6. The molecule has 9 heteroatoms. The maximum atomic E-state index is 13.3. The second kappa shape index (κ2) is 18.2. The van der Waals surface area contributed by atoms with Gasteiger partial charge in [0.25, 0.3) is 0 Å². The van der Waals surface area contributed by atoms with E-state index < -0.39 is 17.7 Å². The molecule has 1 saturated heterocycles. The number of nitrogens with one attached hydrogen (secondary N) is 1. The summed E-state index contributed by atoms with van der Waals surface area (Å²) in [5.74, 6) is -0.350. The molecule has 1 fully saturated rings. The van der Waals surface area contributed by atoms with Gasteiger partial charge in [0.1, 0.15) is 6.61 Å². The molecular weight excluding hydrogens is 532 g/mol. The maximum Gasteiger partial charge on any atom is 0.326 e. The number of β-lactam (4-membered cyclic amide) rings is 1. The zero-order valence-corrected chi connectivity index (χ0v) is 27.2. The van der Waals surface area contributed by atoms with Crippen LogP contribution in [0, 0.1) is 12.3 Å². The number of unbranched alkanes of at least 4 members (excludes halogenated alkanes) is 1. The first kappa shape index (κ1) is 35.7. The molecule has 4 amide bonds. The van der Waals surface area contributed by atoms with Crippen molar-refractivity contribution in [3.63, 3.8) is 0 Å². The summed E-state index contributed by atoms with van der Waals surface area (Å²) in [4.78, 5) is 44.9. The number of ether oxygens (including phenoxy) is 2. The van der Waals surface area contributed by atoms with Gasteiger partial charge in [-0.2, -0.15) is 0 Å². The lowest BCUT2D eigenvalue weighted by Crippen LogP contribution is -2.72. The van der Waals surface area contributed by atoms with E-state index in [-0.39, 0.29) is 18.4 Å². The summed E-state index contributed by atoms with van der Waals surface area (Å²) in [5, 5.41) is 2.90. The average molecular weight is 589 g/mol. The number of urea groups is 1. The number of likely N-dealkylation sites (tertiary alicyclic amines) is 1. The summed E-state index contributed by atoms with van der Waals surface area (Å²) in [6.07, 6.45) is 3.86. The quantitative estimate of drug-likeness (QED) is 0.170. The van der Waals surface area contributed by atoms with Crippen molar-refractivity contribution in [1.82, 2.24) is 20.0 Å². The Labute approximate surface area is 254 Å². The van der Waals surface area contributed by atoms with Gasteiger partial charge in [0.05, 0.1) is 12.0 Å². The smallest absolute Gasteiger partial charge is 0.326 e. The summed E-state index contributed by atoms with van der Waals surface area (Å²) >= 11 is 0. The highest BCUT2D eigenvalue weighted by molar-refractivity contribution is 6.03. The summed E-state index contributed by atoms with van der Waals surface area (Å²) < 4.78 is 11.6. The molecule has 0 aromatic heterocycles. The Balaban J connectivity index is 1.93. The lowest BCUT2D eigenvalue weighted by molar-refractivity contribution is -0.212. The van der Waals surface area contributed by atoms with Gasteiger partial charge in [-0.1, -0.05) is 50.6 Å². The summed E-state index contributed by atoms with van der Waals surface area (Å²) in [7, 11) is 0. The van der Waals surface area contributed by atoms with Crippen molar-refractivity contribution in [2.24, 2.45) is 5.41 Å². The SMILES string of the molecule is CCCN(CCN(CCOCC)C(C)C)C(=O)CO[C@@H]1N(C(=O)NCCCCc2ccc(C)cc2)C(=O)C1(CC)CC. The molecule has 1 aliphatic rings. The number of hydrogen-bond acceptors (Lipinski definition) is 6. The third kappa shape index (κ3) is 9.78. The molecule has 238 valence electrons. The zero-order chi connectivity index (χ0) is 31.1. The predicted octanol–water partition coefficient (Wildman–Crippen LogP) is 5.00. The van der Waals surface area contributed by atoms with Crippen molar-refractivity contribution >= 4 is 17.8 Å². The summed E-state index contributed by atoms with van der Waals surface area (Å²) in [6.45, 7) is 18.7. The minimum Gasteiger partial charge on any atom is -0.380 e. The molecule has 42 heavy (non-hydrogen) atoms. The average Bonchev–Trinajstić information content (AvgIpc) is 2.97. The van der Waals surface area contributed by atoms with E-state index in [4.69, 9.17) is 9.47 Å². The molecule has 0 radical (unpaired) electrons. The summed E-state index contributed by atoms with van der Waals surface area (Å²) in [5.41, 5.74) is 1.73. The van der Waals surface area contributed by atoms with Crippen LogP contribution in [0.15, 0.2) is 24.3 Å². The molecule has 0 bridgehead atoms. The largest absolute Gasteiger partial charge is 0.380 e. The fourth-order valence-electron chi connectivity index (χ4n) is 5.53. The van der Waals surface area contributed by atoms with Crippen molar-refractivity contribution in [3.05, 3.63) is 35.4 Å². The van der Waals surface area contributed by atoms with Gasteiger partial charge in [0.2, 0.25) is 11.8 Å². The number of rotatable bonds is 20. The van der Waals surface area contributed by atoms with Crippen LogP contribution in [0.4, 0.5) is 4.79 Å². The van der Waals surface area contributed by atoms with E-state index in [1.165, 1.54) is 16.0 Å². The molecule has 0 unspecified atom stereocenters. The van der Waals surface area contributed by atoms with Crippen LogP contribution in [-0.2, 0) is 25.5 Å². The predicted molar refractivity (Wildman–Crippen MR) is 167 cm³/mol. The zero-order valence-electron chi connectivity index (χ0n) is 27.2. The highest BCUT2D eigenvalue weighted by Gasteiger charge is 2.62. The number of amides is 4. The third-order valence-electron chi connectivity index (χ3n) is 8.45. The van der Waals surface area contributed by atoms with Gasteiger partial charge >= 0.3 is 6.03 Å². The standard InChI is InChI=1S/C33H56N4O5/c1-8-20-36(22-21-35(26(5)6)23-24-41-11-4)29(38)25-42-31-33(9-2,10-3)30(39)37(31)32(40)34-19-13-12-14-28-17-15-27(7)16-18-28/h15-18,26,31H,8-14,19-25H2,1-7H3,(H,34,40)/t31-/m0/s1. The number of imide groups is 1. The molecule has 1 aromatic rings. The van der Waals surface area contributed by atoms with Gasteiger partial charge in [-0.15, -0.1) is 0 Å². The highest BCUT2D eigenvalue weighted by Crippen LogP contribution is 2.45. The number of benzene rings is 1. The van der Waals surface area contributed by atoms with Gasteiger partial charge in [0, 0.05) is 45.4 Å². The minimum absolute atomic E-state index is 0.123. The Morgan fingerprint density at radius 1 is 1.00 bits per heavy atom. The first-order valence-corrected chi connectivity index (χ1v) is 16.0. The van der Waals surface area contributed by atoms with E-state index in [0.717, 1.165) is 38.8 Å². The van der Waals surface area contributed by atoms with Crippen LogP contribution in [0.3, 0.4) is 0 Å².